The van der Waals surface area contributed by atoms with Crippen LogP contribution in [0.25, 0.3) is 0 Å². The maximum Gasteiger partial charge on any atom is 0.0456 e. The van der Waals surface area contributed by atoms with Gasteiger partial charge < -0.3 is 5.32 Å². The van der Waals surface area contributed by atoms with E-state index in [9.17, 15) is 0 Å². The van der Waals surface area contributed by atoms with Crippen molar-refractivity contribution in [3.8, 4) is 0 Å². The Morgan fingerprint density at radius 1 is 1.28 bits per heavy atom. The molecule has 1 N–H and O–H groups in total. The largest absolute Gasteiger partial charge is 0.312 e. The third kappa shape index (κ3) is 2.94. The molecule has 0 bridgehead atoms. The molecule has 1 atom stereocenters. The normalized spacial score (nSPS) is 12.7. The second-order valence-electron chi connectivity index (χ2n) is 4.61. The highest BCUT2D eigenvalue weighted by atomic mass is 35.5. The van der Waals surface area contributed by atoms with E-state index in [1.54, 1.807) is 11.3 Å². The Balaban J connectivity index is 2.23. The second-order valence-corrected chi connectivity index (χ2v) is 5.96. The predicted molar refractivity (Wildman–Crippen MR) is 80.7 cm³/mol. The molecule has 1 nitrogen and oxygen atoms in total. The van der Waals surface area contributed by atoms with Crippen molar-refractivity contribution >= 4 is 22.9 Å². The lowest BCUT2D eigenvalue weighted by Crippen LogP contribution is -2.18. The van der Waals surface area contributed by atoms with Gasteiger partial charge in [0, 0.05) is 15.9 Å². The maximum absolute atomic E-state index is 6.31. The standard InChI is InChI=1S/C15H18ClNS/c1-10-4-5-12(13(16)8-10)9-14(17-3)15-11(2)6-7-18-15/h4-8,14,17H,9H2,1-3H3. The van der Waals surface area contributed by atoms with Gasteiger partial charge in [-0.15, -0.1) is 11.3 Å². The Labute approximate surface area is 118 Å². The number of nitrogens with one attached hydrogen (secondary N) is 1. The quantitative estimate of drug-likeness (QED) is 0.868. The first-order valence-electron chi connectivity index (χ1n) is 6.08. The average molecular weight is 280 g/mol. The van der Waals surface area contributed by atoms with Gasteiger partial charge in [-0.3, -0.25) is 0 Å². The molecule has 0 aliphatic heterocycles. The molecular formula is C15H18ClNS. The molecular weight excluding hydrogens is 262 g/mol. The Hall–Kier alpha value is -0.830. The summed E-state index contributed by atoms with van der Waals surface area (Å²) in [6.45, 7) is 4.22. The first-order chi connectivity index (χ1) is 8.61. The van der Waals surface area contributed by atoms with Gasteiger partial charge in [-0.2, -0.15) is 0 Å². The number of thiophene rings is 1. The van der Waals surface area contributed by atoms with Crippen molar-refractivity contribution in [3.63, 3.8) is 0 Å². The van der Waals surface area contributed by atoms with E-state index in [1.807, 2.05) is 13.1 Å². The Bertz CT molecular complexity index is 533. The highest BCUT2D eigenvalue weighted by molar-refractivity contribution is 7.10. The van der Waals surface area contributed by atoms with Crippen LogP contribution in [0.4, 0.5) is 0 Å². The summed E-state index contributed by atoms with van der Waals surface area (Å²) < 4.78 is 0. The molecule has 0 aliphatic carbocycles. The smallest absolute Gasteiger partial charge is 0.0456 e. The Morgan fingerprint density at radius 3 is 2.61 bits per heavy atom. The fourth-order valence-electron chi connectivity index (χ4n) is 2.11. The first kappa shape index (κ1) is 13.6. The molecule has 2 aromatic rings. The minimum absolute atomic E-state index is 0.338. The van der Waals surface area contributed by atoms with Crippen molar-refractivity contribution in [2.24, 2.45) is 0 Å². The summed E-state index contributed by atoms with van der Waals surface area (Å²) in [5.41, 5.74) is 3.76. The maximum atomic E-state index is 6.31. The van der Waals surface area contributed by atoms with Crippen molar-refractivity contribution in [2.75, 3.05) is 7.05 Å². The minimum atomic E-state index is 0.338. The van der Waals surface area contributed by atoms with Gasteiger partial charge in [0.1, 0.15) is 0 Å². The van der Waals surface area contributed by atoms with Crippen LogP contribution >= 0.6 is 22.9 Å². The van der Waals surface area contributed by atoms with Gasteiger partial charge in [-0.05, 0) is 61.5 Å². The van der Waals surface area contributed by atoms with Crippen LogP contribution in [0.2, 0.25) is 5.02 Å². The molecule has 0 aliphatic rings. The third-order valence-corrected chi connectivity index (χ3v) is 4.68. The molecule has 1 heterocycles. The SMILES string of the molecule is CNC(Cc1ccc(C)cc1Cl)c1sccc1C. The molecule has 0 amide bonds. The minimum Gasteiger partial charge on any atom is -0.312 e. The van der Waals surface area contributed by atoms with E-state index in [0.29, 0.717) is 6.04 Å². The lowest BCUT2D eigenvalue weighted by molar-refractivity contribution is 0.599. The zero-order valence-electron chi connectivity index (χ0n) is 11.0. The van der Waals surface area contributed by atoms with Crippen LogP contribution in [0.5, 0.6) is 0 Å². The average Bonchev–Trinajstić information content (AvgIpc) is 2.75. The summed E-state index contributed by atoms with van der Waals surface area (Å²) in [4.78, 5) is 1.40. The molecule has 1 aromatic carbocycles. The van der Waals surface area contributed by atoms with Gasteiger partial charge in [-0.25, -0.2) is 0 Å². The fourth-order valence-corrected chi connectivity index (χ4v) is 3.46. The first-order valence-corrected chi connectivity index (χ1v) is 7.34. The summed E-state index contributed by atoms with van der Waals surface area (Å²) in [6, 6.07) is 8.79. The van der Waals surface area contributed by atoms with Crippen molar-refractivity contribution in [3.05, 3.63) is 56.2 Å². The number of aryl methyl sites for hydroxylation is 2. The fraction of sp³-hybridized carbons (Fsp3) is 0.333. The number of benzene rings is 1. The van der Waals surface area contributed by atoms with Gasteiger partial charge in [0.15, 0.2) is 0 Å². The summed E-state index contributed by atoms with van der Waals surface area (Å²) in [5.74, 6) is 0. The van der Waals surface area contributed by atoms with E-state index in [2.05, 4.69) is 42.7 Å². The van der Waals surface area contributed by atoms with E-state index in [0.717, 1.165) is 11.4 Å². The summed E-state index contributed by atoms with van der Waals surface area (Å²) in [6.07, 6.45) is 0.928. The van der Waals surface area contributed by atoms with E-state index < -0.39 is 0 Å². The monoisotopic (exact) mass is 279 g/mol. The topological polar surface area (TPSA) is 12.0 Å². The van der Waals surface area contributed by atoms with Gasteiger partial charge >= 0.3 is 0 Å². The van der Waals surface area contributed by atoms with Crippen molar-refractivity contribution in [1.29, 1.82) is 0 Å². The van der Waals surface area contributed by atoms with Crippen LogP contribution in [0, 0.1) is 13.8 Å². The molecule has 0 fully saturated rings. The van der Waals surface area contributed by atoms with Gasteiger partial charge in [-0.1, -0.05) is 23.7 Å². The van der Waals surface area contributed by atoms with Crippen LogP contribution in [0.15, 0.2) is 29.6 Å². The number of rotatable bonds is 4. The molecule has 1 unspecified atom stereocenters. The molecule has 96 valence electrons. The summed E-state index contributed by atoms with van der Waals surface area (Å²) in [7, 11) is 2.01. The van der Waals surface area contributed by atoms with E-state index in [4.69, 9.17) is 11.6 Å². The van der Waals surface area contributed by atoms with Crippen LogP contribution in [-0.4, -0.2) is 7.05 Å². The van der Waals surface area contributed by atoms with Crippen molar-refractivity contribution in [2.45, 2.75) is 26.3 Å². The van der Waals surface area contributed by atoms with Gasteiger partial charge in [0.05, 0.1) is 0 Å². The molecule has 0 saturated carbocycles. The number of halogens is 1. The lowest BCUT2D eigenvalue weighted by Gasteiger charge is -2.17. The molecule has 0 spiro atoms. The van der Waals surface area contributed by atoms with Gasteiger partial charge in [0.25, 0.3) is 0 Å². The van der Waals surface area contributed by atoms with Crippen molar-refractivity contribution < 1.29 is 0 Å². The Morgan fingerprint density at radius 2 is 2.06 bits per heavy atom. The summed E-state index contributed by atoms with van der Waals surface area (Å²) >= 11 is 8.11. The Kier molecular flexibility index (Phi) is 4.44. The van der Waals surface area contributed by atoms with Crippen LogP contribution in [0.3, 0.4) is 0 Å². The molecule has 0 radical (unpaired) electrons. The zero-order chi connectivity index (χ0) is 13.1. The number of hydrogen-bond acceptors (Lipinski definition) is 2. The number of likely N-dealkylation sites (N-methyl/N-ethyl adjacent to an activating group) is 1. The summed E-state index contributed by atoms with van der Waals surface area (Å²) in [5, 5.41) is 6.40. The zero-order valence-corrected chi connectivity index (χ0v) is 12.5. The molecule has 1 aromatic heterocycles. The van der Waals surface area contributed by atoms with Crippen LogP contribution in [0.1, 0.15) is 27.6 Å². The third-order valence-electron chi connectivity index (χ3n) is 3.20. The van der Waals surface area contributed by atoms with Crippen LogP contribution < -0.4 is 5.32 Å². The molecule has 3 heteroatoms. The molecule has 0 saturated heterocycles. The lowest BCUT2D eigenvalue weighted by atomic mass is 10.0. The predicted octanol–water partition coefficient (Wildman–Crippen LogP) is 4.52. The van der Waals surface area contributed by atoms with Crippen LogP contribution in [-0.2, 0) is 6.42 Å². The van der Waals surface area contributed by atoms with Gasteiger partial charge in [0.2, 0.25) is 0 Å². The molecule has 18 heavy (non-hydrogen) atoms. The van der Waals surface area contributed by atoms with Crippen molar-refractivity contribution in [1.82, 2.24) is 5.32 Å². The number of hydrogen-bond donors (Lipinski definition) is 1. The highest BCUT2D eigenvalue weighted by Gasteiger charge is 2.15. The van der Waals surface area contributed by atoms with E-state index in [1.165, 1.54) is 21.6 Å². The van der Waals surface area contributed by atoms with E-state index >= 15 is 0 Å². The highest BCUT2D eigenvalue weighted by Crippen LogP contribution is 2.29. The van der Waals surface area contributed by atoms with E-state index in [-0.39, 0.29) is 0 Å². The second kappa shape index (κ2) is 5.87. The molecule has 2 rings (SSSR count).